The molecule has 1 N–H and O–H groups in total. The lowest BCUT2D eigenvalue weighted by atomic mass is 9.96. The Morgan fingerprint density at radius 3 is 2.85 bits per heavy atom. The average molecular weight is 293 g/mol. The topological polar surface area (TPSA) is 35.6 Å². The van der Waals surface area contributed by atoms with Crippen LogP contribution in [0.1, 0.15) is 30.8 Å². The zero-order valence-corrected chi connectivity index (χ0v) is 12.9. The summed E-state index contributed by atoms with van der Waals surface area (Å²) in [5.41, 5.74) is 0. The predicted octanol–water partition coefficient (Wildman–Crippen LogP) is 1.91. The van der Waals surface area contributed by atoms with Gasteiger partial charge in [-0.3, -0.25) is 10.1 Å². The molecule has 0 bridgehead atoms. The molecule has 0 spiro atoms. The van der Waals surface area contributed by atoms with E-state index in [0.717, 1.165) is 13.1 Å². The van der Waals surface area contributed by atoms with Crippen LogP contribution in [0.25, 0.3) is 0 Å². The minimum atomic E-state index is 0.103. The molecule has 1 aromatic rings. The number of hydrogen-bond donors (Lipinski definition) is 1. The number of piperidine rings is 1. The van der Waals surface area contributed by atoms with E-state index in [1.165, 1.54) is 30.8 Å². The highest BCUT2D eigenvalue weighted by molar-refractivity contribution is 7.10. The molecule has 3 heterocycles. The molecule has 3 rings (SSSR count). The van der Waals surface area contributed by atoms with E-state index >= 15 is 0 Å². The quantitative estimate of drug-likeness (QED) is 0.921. The van der Waals surface area contributed by atoms with E-state index in [-0.39, 0.29) is 12.1 Å². The number of nitrogens with zero attached hydrogens (tertiary/aromatic N) is 2. The third kappa shape index (κ3) is 2.90. The van der Waals surface area contributed by atoms with Crippen LogP contribution in [-0.2, 0) is 4.79 Å². The molecule has 2 aliphatic heterocycles. The zero-order chi connectivity index (χ0) is 13.9. The maximum absolute atomic E-state index is 12.1. The number of carbonyl (C=O) groups is 1. The fraction of sp³-hybridized carbons (Fsp3) is 0.667. The van der Waals surface area contributed by atoms with Gasteiger partial charge in [-0.2, -0.15) is 0 Å². The van der Waals surface area contributed by atoms with E-state index in [2.05, 4.69) is 39.6 Å². The van der Waals surface area contributed by atoms with Gasteiger partial charge in [0, 0.05) is 11.4 Å². The summed E-state index contributed by atoms with van der Waals surface area (Å²) in [6, 6.07) is 4.18. The number of rotatable bonds is 4. The Morgan fingerprint density at radius 2 is 2.20 bits per heavy atom. The van der Waals surface area contributed by atoms with Gasteiger partial charge in [-0.15, -0.1) is 11.3 Å². The summed E-state index contributed by atoms with van der Waals surface area (Å²) < 4.78 is 0. The number of thiophene rings is 1. The SMILES string of the molecule is CCN1CCC(CN2C(=O)CNC2c2cccs2)CC1. The van der Waals surface area contributed by atoms with Crippen LogP contribution in [0.3, 0.4) is 0 Å². The highest BCUT2D eigenvalue weighted by Gasteiger charge is 2.34. The second-order valence-electron chi connectivity index (χ2n) is 5.72. The Kier molecular flexibility index (Phi) is 4.38. The Bertz CT molecular complexity index is 440. The average Bonchev–Trinajstić information content (AvgIpc) is 3.11. The summed E-state index contributed by atoms with van der Waals surface area (Å²) in [5.74, 6) is 0.908. The molecule has 0 saturated carbocycles. The standard InChI is InChI=1S/C15H23N3OS/c1-2-17-7-5-12(6-8-17)11-18-14(19)10-16-15(18)13-4-3-9-20-13/h3-4,9,12,15-16H,2,5-8,10-11H2,1H3. The summed E-state index contributed by atoms with van der Waals surface area (Å²) in [7, 11) is 0. The first-order valence-corrected chi connectivity index (χ1v) is 8.44. The summed E-state index contributed by atoms with van der Waals surface area (Å²) >= 11 is 1.73. The van der Waals surface area contributed by atoms with Crippen molar-refractivity contribution in [2.24, 2.45) is 5.92 Å². The first kappa shape index (κ1) is 14.0. The molecule has 2 fully saturated rings. The Morgan fingerprint density at radius 1 is 1.40 bits per heavy atom. The van der Waals surface area contributed by atoms with E-state index in [1.54, 1.807) is 11.3 Å². The van der Waals surface area contributed by atoms with Gasteiger partial charge in [0.1, 0.15) is 6.17 Å². The molecule has 4 nitrogen and oxygen atoms in total. The first-order chi connectivity index (χ1) is 9.78. The molecule has 20 heavy (non-hydrogen) atoms. The maximum atomic E-state index is 12.1. The number of carbonyl (C=O) groups excluding carboxylic acids is 1. The Labute approximate surface area is 124 Å². The van der Waals surface area contributed by atoms with Crippen molar-refractivity contribution in [2.45, 2.75) is 25.9 Å². The lowest BCUT2D eigenvalue weighted by molar-refractivity contribution is -0.128. The first-order valence-electron chi connectivity index (χ1n) is 7.56. The third-order valence-corrected chi connectivity index (χ3v) is 5.43. The van der Waals surface area contributed by atoms with Crippen LogP contribution in [0.15, 0.2) is 17.5 Å². The molecule has 1 amide bonds. The molecule has 1 unspecified atom stereocenters. The van der Waals surface area contributed by atoms with Crippen molar-refractivity contribution in [2.75, 3.05) is 32.7 Å². The van der Waals surface area contributed by atoms with Crippen molar-refractivity contribution in [3.8, 4) is 0 Å². The number of nitrogens with one attached hydrogen (secondary N) is 1. The summed E-state index contributed by atoms with van der Waals surface area (Å²) in [6.07, 6.45) is 2.54. The molecule has 1 atom stereocenters. The fourth-order valence-electron chi connectivity index (χ4n) is 3.21. The Balaban J connectivity index is 1.62. The highest BCUT2D eigenvalue weighted by atomic mass is 32.1. The minimum absolute atomic E-state index is 0.103. The van der Waals surface area contributed by atoms with Crippen LogP contribution in [-0.4, -0.2) is 48.4 Å². The van der Waals surface area contributed by atoms with E-state index in [0.29, 0.717) is 12.5 Å². The minimum Gasteiger partial charge on any atom is -0.321 e. The molecule has 0 radical (unpaired) electrons. The van der Waals surface area contributed by atoms with Crippen molar-refractivity contribution in [1.29, 1.82) is 0 Å². The number of likely N-dealkylation sites (tertiary alicyclic amines) is 1. The monoisotopic (exact) mass is 293 g/mol. The van der Waals surface area contributed by atoms with Crippen LogP contribution < -0.4 is 5.32 Å². The summed E-state index contributed by atoms with van der Waals surface area (Å²) in [4.78, 5) is 17.9. The molecule has 0 aromatic carbocycles. The molecule has 1 aromatic heterocycles. The molecule has 5 heteroatoms. The van der Waals surface area contributed by atoms with Gasteiger partial charge in [0.2, 0.25) is 5.91 Å². The van der Waals surface area contributed by atoms with Gasteiger partial charge in [-0.1, -0.05) is 13.0 Å². The second-order valence-corrected chi connectivity index (χ2v) is 6.70. The third-order valence-electron chi connectivity index (χ3n) is 4.50. The van der Waals surface area contributed by atoms with Crippen LogP contribution in [0, 0.1) is 5.92 Å². The molecule has 0 aliphatic carbocycles. The van der Waals surface area contributed by atoms with Gasteiger partial charge >= 0.3 is 0 Å². The maximum Gasteiger partial charge on any atom is 0.238 e. The van der Waals surface area contributed by atoms with E-state index in [9.17, 15) is 4.79 Å². The van der Waals surface area contributed by atoms with Crippen molar-refractivity contribution in [1.82, 2.24) is 15.1 Å². The highest BCUT2D eigenvalue weighted by Crippen LogP contribution is 2.29. The fourth-order valence-corrected chi connectivity index (χ4v) is 4.02. The number of hydrogen-bond acceptors (Lipinski definition) is 4. The van der Waals surface area contributed by atoms with Crippen molar-refractivity contribution in [3.63, 3.8) is 0 Å². The van der Waals surface area contributed by atoms with Crippen LogP contribution in [0.2, 0.25) is 0 Å². The summed E-state index contributed by atoms with van der Waals surface area (Å²) in [5, 5.41) is 5.43. The zero-order valence-electron chi connectivity index (χ0n) is 12.0. The van der Waals surface area contributed by atoms with Gasteiger partial charge in [-0.05, 0) is 49.8 Å². The molecular formula is C15H23N3OS. The molecule has 110 valence electrons. The predicted molar refractivity (Wildman–Crippen MR) is 81.6 cm³/mol. The van der Waals surface area contributed by atoms with E-state index < -0.39 is 0 Å². The van der Waals surface area contributed by atoms with Crippen molar-refractivity contribution >= 4 is 17.2 Å². The van der Waals surface area contributed by atoms with E-state index in [1.807, 2.05) is 0 Å². The van der Waals surface area contributed by atoms with Crippen LogP contribution in [0.4, 0.5) is 0 Å². The Hall–Kier alpha value is -0.910. The largest absolute Gasteiger partial charge is 0.321 e. The van der Waals surface area contributed by atoms with Crippen molar-refractivity contribution < 1.29 is 4.79 Å². The lowest BCUT2D eigenvalue weighted by Gasteiger charge is -2.34. The van der Waals surface area contributed by atoms with Crippen LogP contribution in [0.5, 0.6) is 0 Å². The molecular weight excluding hydrogens is 270 g/mol. The lowest BCUT2D eigenvalue weighted by Crippen LogP contribution is -2.40. The van der Waals surface area contributed by atoms with Crippen molar-refractivity contribution in [3.05, 3.63) is 22.4 Å². The van der Waals surface area contributed by atoms with E-state index in [4.69, 9.17) is 0 Å². The van der Waals surface area contributed by atoms with Gasteiger partial charge in [0.05, 0.1) is 6.54 Å². The van der Waals surface area contributed by atoms with Gasteiger partial charge in [0.25, 0.3) is 0 Å². The second kappa shape index (κ2) is 6.24. The molecule has 2 aliphatic rings. The van der Waals surface area contributed by atoms with Gasteiger partial charge < -0.3 is 9.80 Å². The number of amides is 1. The van der Waals surface area contributed by atoms with Crippen LogP contribution >= 0.6 is 11.3 Å². The normalized spacial score (nSPS) is 25.6. The smallest absolute Gasteiger partial charge is 0.238 e. The summed E-state index contributed by atoms with van der Waals surface area (Å²) in [6.45, 7) is 7.12. The molecule has 2 saturated heterocycles. The van der Waals surface area contributed by atoms with Gasteiger partial charge in [0.15, 0.2) is 0 Å². The van der Waals surface area contributed by atoms with Gasteiger partial charge in [-0.25, -0.2) is 0 Å².